The number of aromatic hydroxyl groups is 1. The molecule has 31 heavy (non-hydrogen) atoms. The third-order valence-electron chi connectivity index (χ3n) is 4.90. The van der Waals surface area contributed by atoms with Gasteiger partial charge in [0.1, 0.15) is 8.95 Å². The van der Waals surface area contributed by atoms with Crippen LogP contribution in [0.2, 0.25) is 0 Å². The maximum absolute atomic E-state index is 12.5. The number of aryl methyl sites for hydroxylation is 1. The lowest BCUT2D eigenvalue weighted by Gasteiger charge is -2.19. The molecule has 0 atom stereocenters. The molecule has 156 valence electrons. The van der Waals surface area contributed by atoms with E-state index in [2.05, 4.69) is 31.9 Å². The summed E-state index contributed by atoms with van der Waals surface area (Å²) in [6.07, 6.45) is 0. The molecular weight excluding hydrogens is 538 g/mol. The third-order valence-corrected chi connectivity index (χ3v) is 6.36. The smallest absolute Gasteiger partial charge is 0.336 e. The summed E-state index contributed by atoms with van der Waals surface area (Å²) in [6.45, 7) is 1.60. The van der Waals surface area contributed by atoms with Crippen LogP contribution in [0.25, 0.3) is 33.4 Å². The minimum Gasteiger partial charge on any atom is -0.501 e. The molecule has 0 fully saturated rings. The highest BCUT2D eigenvalue weighted by Crippen LogP contribution is 2.49. The van der Waals surface area contributed by atoms with Gasteiger partial charge in [-0.2, -0.15) is 0 Å². The molecule has 0 bridgehead atoms. The van der Waals surface area contributed by atoms with Crippen LogP contribution in [0.3, 0.4) is 0 Å². The van der Waals surface area contributed by atoms with E-state index in [1.165, 1.54) is 6.07 Å². The average molecular weight is 549 g/mol. The minimum atomic E-state index is -1.19. The highest BCUT2D eigenvalue weighted by atomic mass is 79.9. The number of rotatable bonds is 3. The van der Waals surface area contributed by atoms with Crippen molar-refractivity contribution in [2.75, 3.05) is 0 Å². The molecule has 1 heterocycles. The SMILES string of the molecule is Cc1cc2c(-c3ccccc3C(=O)O)c3cc([N+](=O)[O-])c(O)c(Br)c3oc-2c(Br)c1=O. The Morgan fingerprint density at radius 3 is 2.45 bits per heavy atom. The topological polar surface area (TPSA) is 131 Å². The van der Waals surface area contributed by atoms with Crippen molar-refractivity contribution >= 4 is 54.5 Å². The second-order valence-corrected chi connectivity index (χ2v) is 8.32. The Kier molecular flexibility index (Phi) is 5.06. The van der Waals surface area contributed by atoms with E-state index < -0.39 is 22.3 Å². The van der Waals surface area contributed by atoms with Crippen LogP contribution in [0.1, 0.15) is 15.9 Å². The number of nitro benzene ring substituents is 1. The predicted octanol–water partition coefficient (Wildman–Crippen LogP) is 5.71. The molecule has 0 unspecified atom stereocenters. The average Bonchev–Trinajstić information content (AvgIpc) is 2.73. The Morgan fingerprint density at radius 2 is 1.81 bits per heavy atom. The van der Waals surface area contributed by atoms with Gasteiger partial charge in [0.2, 0.25) is 5.75 Å². The second-order valence-electron chi connectivity index (χ2n) is 6.73. The molecule has 10 heteroatoms. The van der Waals surface area contributed by atoms with Gasteiger partial charge in [-0.1, -0.05) is 18.2 Å². The molecule has 2 N–H and O–H groups in total. The zero-order chi connectivity index (χ0) is 22.6. The number of halogens is 2. The summed E-state index contributed by atoms with van der Waals surface area (Å²) in [6, 6.07) is 8.85. The number of fused-ring (bicyclic) bond motifs is 2. The molecule has 0 radical (unpaired) electrons. The maximum Gasteiger partial charge on any atom is 0.336 e. The Labute approximate surface area is 190 Å². The van der Waals surface area contributed by atoms with E-state index in [1.54, 1.807) is 31.2 Å². The normalized spacial score (nSPS) is 11.2. The zero-order valence-corrected chi connectivity index (χ0v) is 18.8. The van der Waals surface area contributed by atoms with E-state index in [0.717, 1.165) is 6.07 Å². The van der Waals surface area contributed by atoms with Crippen molar-refractivity contribution in [3.8, 4) is 28.2 Å². The first-order valence-electron chi connectivity index (χ1n) is 8.71. The van der Waals surface area contributed by atoms with Crippen molar-refractivity contribution in [1.29, 1.82) is 0 Å². The molecule has 4 rings (SSSR count). The summed E-state index contributed by atoms with van der Waals surface area (Å²) in [5.74, 6) is -1.72. The number of phenolic OH excluding ortho intramolecular Hbond substituents is 1. The molecular formula is C21H11Br2NO7. The lowest BCUT2D eigenvalue weighted by atomic mass is 9.90. The molecule has 0 saturated carbocycles. The van der Waals surface area contributed by atoms with Gasteiger partial charge in [-0.3, -0.25) is 14.9 Å². The van der Waals surface area contributed by atoms with Crippen molar-refractivity contribution in [2.45, 2.75) is 6.92 Å². The van der Waals surface area contributed by atoms with Gasteiger partial charge in [0, 0.05) is 22.6 Å². The van der Waals surface area contributed by atoms with Crippen LogP contribution in [0.4, 0.5) is 5.69 Å². The number of nitrogens with zero attached hydrogens (tertiary/aromatic N) is 1. The van der Waals surface area contributed by atoms with E-state index in [4.69, 9.17) is 4.42 Å². The summed E-state index contributed by atoms with van der Waals surface area (Å²) in [7, 11) is 0. The van der Waals surface area contributed by atoms with E-state index in [9.17, 15) is 29.9 Å². The number of carboxylic acids is 1. The summed E-state index contributed by atoms with van der Waals surface area (Å²) in [4.78, 5) is 35.2. The number of nitro groups is 1. The van der Waals surface area contributed by atoms with E-state index in [0.29, 0.717) is 16.7 Å². The molecule has 0 aromatic heterocycles. The highest BCUT2D eigenvalue weighted by molar-refractivity contribution is 9.11. The molecule has 0 saturated heterocycles. The van der Waals surface area contributed by atoms with Gasteiger partial charge in [-0.05, 0) is 62.0 Å². The van der Waals surface area contributed by atoms with Crippen molar-refractivity contribution in [3.05, 3.63) is 76.8 Å². The zero-order valence-electron chi connectivity index (χ0n) is 15.6. The van der Waals surface area contributed by atoms with Crippen molar-refractivity contribution < 1.29 is 24.3 Å². The lowest BCUT2D eigenvalue weighted by Crippen LogP contribution is -2.09. The van der Waals surface area contributed by atoms with Crippen LogP contribution in [-0.2, 0) is 0 Å². The molecule has 0 spiro atoms. The molecule has 1 aliphatic carbocycles. The van der Waals surface area contributed by atoms with Gasteiger partial charge in [0.15, 0.2) is 16.8 Å². The molecule has 0 amide bonds. The first-order valence-corrected chi connectivity index (χ1v) is 10.3. The Balaban J connectivity index is 2.35. The molecule has 8 nitrogen and oxygen atoms in total. The first-order chi connectivity index (χ1) is 14.6. The second kappa shape index (κ2) is 7.47. The summed E-state index contributed by atoms with van der Waals surface area (Å²) >= 11 is 6.38. The van der Waals surface area contributed by atoms with Gasteiger partial charge >= 0.3 is 11.7 Å². The summed E-state index contributed by atoms with van der Waals surface area (Å²) < 4.78 is 5.92. The fourth-order valence-electron chi connectivity index (χ4n) is 3.49. The Morgan fingerprint density at radius 1 is 1.13 bits per heavy atom. The lowest BCUT2D eigenvalue weighted by molar-refractivity contribution is -0.385. The molecule has 1 aliphatic heterocycles. The predicted molar refractivity (Wildman–Crippen MR) is 120 cm³/mol. The van der Waals surface area contributed by atoms with Crippen LogP contribution in [0.15, 0.2) is 54.6 Å². The Bertz CT molecular complexity index is 1460. The quantitative estimate of drug-likeness (QED) is 0.190. The monoisotopic (exact) mass is 547 g/mol. The summed E-state index contributed by atoms with van der Waals surface area (Å²) in [5, 5.41) is 31.7. The van der Waals surface area contributed by atoms with Crippen LogP contribution < -0.4 is 5.43 Å². The number of hydrogen-bond donors (Lipinski definition) is 2. The van der Waals surface area contributed by atoms with Crippen LogP contribution in [0.5, 0.6) is 5.75 Å². The Hall–Kier alpha value is -3.24. The van der Waals surface area contributed by atoms with Crippen molar-refractivity contribution in [3.63, 3.8) is 0 Å². The van der Waals surface area contributed by atoms with Gasteiger partial charge < -0.3 is 14.6 Å². The number of carboxylic acid groups (broad SMARTS) is 1. The highest BCUT2D eigenvalue weighted by Gasteiger charge is 2.29. The van der Waals surface area contributed by atoms with Gasteiger partial charge in [-0.15, -0.1) is 0 Å². The van der Waals surface area contributed by atoms with Crippen LogP contribution >= 0.6 is 31.9 Å². The van der Waals surface area contributed by atoms with E-state index in [1.807, 2.05) is 0 Å². The number of phenols is 1. The van der Waals surface area contributed by atoms with Crippen molar-refractivity contribution in [2.24, 2.45) is 0 Å². The first kappa shape index (κ1) is 21.0. The number of carbonyl (C=O) groups is 1. The molecule has 2 aromatic carbocycles. The van der Waals surface area contributed by atoms with E-state index in [-0.39, 0.29) is 42.2 Å². The maximum atomic E-state index is 12.5. The van der Waals surface area contributed by atoms with Gasteiger partial charge in [0.25, 0.3) is 0 Å². The fraction of sp³-hybridized carbons (Fsp3) is 0.0476. The standard InChI is InChI=1S/C21H11Br2NO7/c1-8-6-11-14(9-4-2-3-5-10(9)21(27)28)12-7-13(24(29)30)18(26)16(23)20(12)31-19(11)15(22)17(8)25/h2-7,26H,1H3,(H,27,28). The molecule has 2 aliphatic rings. The number of hydrogen-bond acceptors (Lipinski definition) is 6. The third kappa shape index (κ3) is 3.19. The van der Waals surface area contributed by atoms with Crippen molar-refractivity contribution in [1.82, 2.24) is 0 Å². The van der Waals surface area contributed by atoms with E-state index >= 15 is 0 Å². The number of aromatic carboxylic acids is 1. The van der Waals surface area contributed by atoms with Crippen LogP contribution in [-0.4, -0.2) is 21.1 Å². The fourth-order valence-corrected chi connectivity index (χ4v) is 4.59. The molecule has 2 aromatic rings. The summed E-state index contributed by atoms with van der Waals surface area (Å²) in [5.41, 5.74) is 0.430. The largest absolute Gasteiger partial charge is 0.501 e. The van der Waals surface area contributed by atoms with Gasteiger partial charge in [0.05, 0.1) is 10.5 Å². The van der Waals surface area contributed by atoms with Crippen LogP contribution in [0, 0.1) is 17.0 Å². The minimum absolute atomic E-state index is 0.0229. The van der Waals surface area contributed by atoms with Gasteiger partial charge in [-0.25, -0.2) is 4.79 Å². The number of benzene rings is 3.